The molecule has 6 nitrogen and oxygen atoms in total. The van der Waals surface area contributed by atoms with Gasteiger partial charge in [-0.25, -0.2) is 17.8 Å². The van der Waals surface area contributed by atoms with E-state index >= 15 is 0 Å². The predicted molar refractivity (Wildman–Crippen MR) is 119 cm³/mol. The molecular formula is C23H24FN3O3S. The lowest BCUT2D eigenvalue weighted by Gasteiger charge is -2.43. The van der Waals surface area contributed by atoms with Gasteiger partial charge in [-0.15, -0.1) is 0 Å². The Labute approximate surface area is 180 Å². The van der Waals surface area contributed by atoms with Crippen LogP contribution in [-0.2, 0) is 10.0 Å². The fraction of sp³-hybridized carbons (Fsp3) is 0.348. The van der Waals surface area contributed by atoms with Gasteiger partial charge in [-0.1, -0.05) is 6.08 Å². The van der Waals surface area contributed by atoms with E-state index in [0.29, 0.717) is 23.4 Å². The van der Waals surface area contributed by atoms with Crippen LogP contribution in [0.2, 0.25) is 0 Å². The highest BCUT2D eigenvalue weighted by molar-refractivity contribution is 7.88. The third kappa shape index (κ3) is 3.53. The Balaban J connectivity index is 1.60. The van der Waals surface area contributed by atoms with Gasteiger partial charge >= 0.3 is 0 Å². The number of H-pyrrole nitrogens is 1. The van der Waals surface area contributed by atoms with E-state index in [1.807, 2.05) is 12.1 Å². The van der Waals surface area contributed by atoms with E-state index in [4.69, 9.17) is 4.74 Å². The van der Waals surface area contributed by atoms with Crippen molar-refractivity contribution in [3.05, 3.63) is 54.1 Å². The zero-order valence-corrected chi connectivity index (χ0v) is 18.2. The molecule has 31 heavy (non-hydrogen) atoms. The second-order valence-corrected chi connectivity index (χ2v) is 10.2. The van der Waals surface area contributed by atoms with Crippen molar-refractivity contribution >= 4 is 26.6 Å². The van der Waals surface area contributed by atoms with Crippen molar-refractivity contribution in [1.82, 2.24) is 14.3 Å². The molecule has 162 valence electrons. The van der Waals surface area contributed by atoms with Crippen LogP contribution in [0.1, 0.15) is 31.4 Å². The van der Waals surface area contributed by atoms with E-state index in [2.05, 4.69) is 16.0 Å². The lowest BCUT2D eigenvalue weighted by molar-refractivity contribution is 0.204. The van der Waals surface area contributed by atoms with Gasteiger partial charge < -0.3 is 9.72 Å². The second-order valence-electron chi connectivity index (χ2n) is 8.29. The third-order valence-corrected chi connectivity index (χ3v) is 7.62. The number of hydrogen-bond acceptors (Lipinski definition) is 4. The summed E-state index contributed by atoms with van der Waals surface area (Å²) in [7, 11) is -1.69. The Kier molecular flexibility index (Phi) is 4.86. The molecule has 0 saturated carbocycles. The number of nitrogens with zero attached hydrogens (tertiary/aromatic N) is 2. The molecule has 1 saturated heterocycles. The summed E-state index contributed by atoms with van der Waals surface area (Å²) in [4.78, 5) is 7.85. The molecule has 0 amide bonds. The largest absolute Gasteiger partial charge is 0.496 e. The number of aromatic amines is 1. The molecule has 1 fully saturated rings. The first kappa shape index (κ1) is 20.2. The predicted octanol–water partition coefficient (Wildman–Crippen LogP) is 4.35. The number of sulfonamides is 1. The second kappa shape index (κ2) is 7.46. The fourth-order valence-corrected chi connectivity index (χ4v) is 6.41. The Morgan fingerprint density at radius 3 is 2.77 bits per heavy atom. The average molecular weight is 442 g/mol. The number of halogens is 1. The number of rotatable bonds is 4. The minimum absolute atomic E-state index is 0.0177. The highest BCUT2D eigenvalue weighted by Crippen LogP contribution is 2.40. The minimum Gasteiger partial charge on any atom is -0.496 e. The zero-order valence-electron chi connectivity index (χ0n) is 17.4. The standard InChI is InChI=1S/C23H24FN3O3S/c1-30-22-7-6-15(24)12-19(22)18-8-9-25-23-20(18)13-21(26-23)14-10-16-4-3-5-17(11-14)27(16)31(2,28)29/h6-10,12-13,16-17H,3-5,11H2,1-2H3,(H,25,26). The van der Waals surface area contributed by atoms with E-state index in [-0.39, 0.29) is 17.9 Å². The molecule has 5 rings (SSSR count). The van der Waals surface area contributed by atoms with Gasteiger partial charge in [0.05, 0.1) is 13.4 Å². The topological polar surface area (TPSA) is 75.3 Å². The highest BCUT2D eigenvalue weighted by atomic mass is 32.2. The summed E-state index contributed by atoms with van der Waals surface area (Å²) in [6.45, 7) is 0. The molecular weight excluding hydrogens is 417 g/mol. The Hall–Kier alpha value is -2.71. The number of methoxy groups -OCH3 is 1. The van der Waals surface area contributed by atoms with Crippen LogP contribution in [-0.4, -0.2) is 48.1 Å². The molecule has 2 unspecified atom stereocenters. The maximum Gasteiger partial charge on any atom is 0.212 e. The van der Waals surface area contributed by atoms with Crippen LogP contribution in [0.15, 0.2) is 42.6 Å². The van der Waals surface area contributed by atoms with Crippen LogP contribution < -0.4 is 4.74 Å². The van der Waals surface area contributed by atoms with Crippen molar-refractivity contribution < 1.29 is 17.5 Å². The van der Waals surface area contributed by atoms with Crippen molar-refractivity contribution in [2.45, 2.75) is 37.8 Å². The molecule has 4 heterocycles. The first-order chi connectivity index (χ1) is 14.8. The van der Waals surface area contributed by atoms with Crippen LogP contribution in [0.3, 0.4) is 0 Å². The number of pyridine rings is 1. The molecule has 8 heteroatoms. The minimum atomic E-state index is -3.25. The summed E-state index contributed by atoms with van der Waals surface area (Å²) in [5.41, 5.74) is 4.23. The Morgan fingerprint density at radius 2 is 2.03 bits per heavy atom. The van der Waals surface area contributed by atoms with E-state index < -0.39 is 10.0 Å². The molecule has 1 N–H and O–H groups in total. The van der Waals surface area contributed by atoms with Gasteiger partial charge in [0.25, 0.3) is 0 Å². The maximum absolute atomic E-state index is 14.0. The monoisotopic (exact) mass is 441 g/mol. The quantitative estimate of drug-likeness (QED) is 0.653. The first-order valence-corrected chi connectivity index (χ1v) is 12.2. The number of piperidine rings is 1. The summed E-state index contributed by atoms with van der Waals surface area (Å²) < 4.78 is 45.7. The van der Waals surface area contributed by atoms with Crippen LogP contribution in [0, 0.1) is 5.82 Å². The first-order valence-electron chi connectivity index (χ1n) is 10.4. The van der Waals surface area contributed by atoms with Gasteiger partial charge in [-0.3, -0.25) is 0 Å². The number of fused-ring (bicyclic) bond motifs is 3. The van der Waals surface area contributed by atoms with Crippen LogP contribution in [0.25, 0.3) is 27.7 Å². The molecule has 0 spiro atoms. The number of ether oxygens (including phenoxy) is 1. The van der Waals surface area contributed by atoms with Gasteiger partial charge in [0, 0.05) is 34.9 Å². The van der Waals surface area contributed by atoms with Crippen molar-refractivity contribution in [1.29, 1.82) is 0 Å². The van der Waals surface area contributed by atoms with Gasteiger partial charge in [0.15, 0.2) is 0 Å². The van der Waals surface area contributed by atoms with Crippen molar-refractivity contribution in [2.75, 3.05) is 13.4 Å². The average Bonchev–Trinajstić information content (AvgIpc) is 3.16. The molecule has 2 aromatic heterocycles. The summed E-state index contributed by atoms with van der Waals surface area (Å²) in [6, 6.07) is 8.22. The Morgan fingerprint density at radius 1 is 1.19 bits per heavy atom. The van der Waals surface area contributed by atoms with Crippen LogP contribution in [0.4, 0.5) is 4.39 Å². The molecule has 0 radical (unpaired) electrons. The van der Waals surface area contributed by atoms with Crippen LogP contribution in [0.5, 0.6) is 5.75 Å². The number of hydrogen-bond donors (Lipinski definition) is 1. The van der Waals surface area contributed by atoms with Crippen molar-refractivity contribution in [2.24, 2.45) is 0 Å². The Bertz CT molecular complexity index is 1300. The number of nitrogens with one attached hydrogen (secondary N) is 1. The zero-order chi connectivity index (χ0) is 21.8. The molecule has 1 aromatic carbocycles. The third-order valence-electron chi connectivity index (χ3n) is 6.29. The normalized spacial score (nSPS) is 21.8. The van der Waals surface area contributed by atoms with Gasteiger partial charge in [0.2, 0.25) is 10.0 Å². The van der Waals surface area contributed by atoms with E-state index in [0.717, 1.165) is 41.5 Å². The van der Waals surface area contributed by atoms with Gasteiger partial charge in [0.1, 0.15) is 17.2 Å². The number of benzene rings is 1. The SMILES string of the molecule is COc1ccc(F)cc1-c1ccnc2[nH]c(C3=CC4CCCC(C3)N4S(C)(=O)=O)cc12. The fourth-order valence-electron chi connectivity index (χ4n) is 5.03. The summed E-state index contributed by atoms with van der Waals surface area (Å²) in [6.07, 6.45) is 8.45. The van der Waals surface area contributed by atoms with Gasteiger partial charge in [-0.2, -0.15) is 4.31 Å². The summed E-state index contributed by atoms with van der Waals surface area (Å²) in [5.74, 6) is 0.257. The highest BCUT2D eigenvalue weighted by Gasteiger charge is 2.39. The summed E-state index contributed by atoms with van der Waals surface area (Å²) >= 11 is 0. The molecule has 2 aliphatic rings. The lowest BCUT2D eigenvalue weighted by atomic mass is 9.86. The molecule has 2 bridgehead atoms. The van der Waals surface area contributed by atoms with E-state index in [9.17, 15) is 12.8 Å². The summed E-state index contributed by atoms with van der Waals surface area (Å²) in [5, 5.41) is 0.873. The van der Waals surface area contributed by atoms with Crippen molar-refractivity contribution in [3.63, 3.8) is 0 Å². The maximum atomic E-state index is 14.0. The van der Waals surface area contributed by atoms with E-state index in [1.165, 1.54) is 18.4 Å². The molecule has 2 atom stereocenters. The van der Waals surface area contributed by atoms with Crippen LogP contribution >= 0.6 is 0 Å². The smallest absolute Gasteiger partial charge is 0.212 e. The molecule has 0 aliphatic carbocycles. The molecule has 3 aromatic rings. The van der Waals surface area contributed by atoms with Gasteiger partial charge in [-0.05, 0) is 67.2 Å². The van der Waals surface area contributed by atoms with Crippen molar-refractivity contribution in [3.8, 4) is 16.9 Å². The lowest BCUT2D eigenvalue weighted by Crippen LogP contribution is -2.51. The van der Waals surface area contributed by atoms with E-state index in [1.54, 1.807) is 23.7 Å². The molecule has 2 aliphatic heterocycles. The number of aromatic nitrogens is 2.